The van der Waals surface area contributed by atoms with Crippen molar-refractivity contribution < 1.29 is 18.7 Å². The second kappa shape index (κ2) is 9.70. The van der Waals surface area contributed by atoms with Crippen LogP contribution in [0.2, 0.25) is 0 Å². The Bertz CT molecular complexity index is 1360. The predicted octanol–water partition coefficient (Wildman–Crippen LogP) is 7.68. The van der Waals surface area contributed by atoms with Gasteiger partial charge in [0.2, 0.25) is 5.78 Å². The van der Waals surface area contributed by atoms with Crippen LogP contribution in [-0.2, 0) is 0 Å². The summed E-state index contributed by atoms with van der Waals surface area (Å²) in [5, 5.41) is 0.844. The standard InChI is InChI=1S/C29H28FNO3S/c1-18-15-20(30)16-19(2)26(18)27(32)29-28(24-12-11-23(33-3)17-25(24)35-29)34-22-9-7-21(8-10-22)31-13-5-4-6-14-31/h7-12,15-17H,4-6,13-14H2,1-3H3. The van der Waals surface area contributed by atoms with E-state index in [2.05, 4.69) is 17.0 Å². The minimum atomic E-state index is -0.345. The van der Waals surface area contributed by atoms with E-state index in [-0.39, 0.29) is 11.6 Å². The molecule has 1 aliphatic heterocycles. The summed E-state index contributed by atoms with van der Waals surface area (Å²) >= 11 is 1.37. The van der Waals surface area contributed by atoms with Crippen molar-refractivity contribution in [3.8, 4) is 17.2 Å². The highest BCUT2D eigenvalue weighted by molar-refractivity contribution is 7.21. The third-order valence-corrected chi connectivity index (χ3v) is 7.69. The van der Waals surface area contributed by atoms with Crippen LogP contribution in [0.25, 0.3) is 10.1 Å². The lowest BCUT2D eigenvalue weighted by Gasteiger charge is -2.28. The van der Waals surface area contributed by atoms with E-state index in [0.29, 0.717) is 38.8 Å². The molecule has 2 heterocycles. The molecule has 4 nitrogen and oxygen atoms in total. The first-order chi connectivity index (χ1) is 16.9. The van der Waals surface area contributed by atoms with E-state index >= 15 is 0 Å². The van der Waals surface area contributed by atoms with Gasteiger partial charge in [0, 0.05) is 34.4 Å². The summed E-state index contributed by atoms with van der Waals surface area (Å²) < 4.78 is 26.6. The number of methoxy groups -OCH3 is 1. The minimum Gasteiger partial charge on any atom is -0.497 e. The molecule has 0 atom stereocenters. The first kappa shape index (κ1) is 23.4. The first-order valence-electron chi connectivity index (χ1n) is 11.9. The summed E-state index contributed by atoms with van der Waals surface area (Å²) in [5.41, 5.74) is 2.92. The fourth-order valence-electron chi connectivity index (χ4n) is 4.81. The van der Waals surface area contributed by atoms with Crippen LogP contribution in [0.5, 0.6) is 17.2 Å². The lowest BCUT2D eigenvalue weighted by atomic mass is 9.97. The van der Waals surface area contributed by atoms with Gasteiger partial charge in [-0.2, -0.15) is 0 Å². The van der Waals surface area contributed by atoms with Crippen molar-refractivity contribution in [1.82, 2.24) is 0 Å². The van der Waals surface area contributed by atoms with Crippen LogP contribution in [0.1, 0.15) is 45.6 Å². The van der Waals surface area contributed by atoms with E-state index in [1.165, 1.54) is 48.4 Å². The predicted molar refractivity (Wildman–Crippen MR) is 140 cm³/mol. The number of aryl methyl sites for hydroxylation is 2. The summed E-state index contributed by atoms with van der Waals surface area (Å²) in [6, 6.07) is 16.6. The molecule has 180 valence electrons. The van der Waals surface area contributed by atoms with E-state index in [9.17, 15) is 9.18 Å². The number of piperidine rings is 1. The number of carbonyl (C=O) groups excluding carboxylic acids is 1. The molecule has 3 aromatic carbocycles. The van der Waals surface area contributed by atoms with Crippen molar-refractivity contribution in [2.75, 3.05) is 25.1 Å². The number of benzene rings is 3. The van der Waals surface area contributed by atoms with Gasteiger partial charge in [0.1, 0.15) is 22.2 Å². The quantitative estimate of drug-likeness (QED) is 0.260. The Morgan fingerprint density at radius 1 is 0.914 bits per heavy atom. The number of thiophene rings is 1. The summed E-state index contributed by atoms with van der Waals surface area (Å²) in [7, 11) is 1.62. The zero-order valence-corrected chi connectivity index (χ0v) is 21.0. The number of nitrogens with zero attached hydrogens (tertiary/aromatic N) is 1. The molecule has 1 fully saturated rings. The number of hydrogen-bond donors (Lipinski definition) is 0. The number of ether oxygens (including phenoxy) is 2. The van der Waals surface area contributed by atoms with Gasteiger partial charge in [-0.15, -0.1) is 11.3 Å². The van der Waals surface area contributed by atoms with E-state index in [0.717, 1.165) is 23.2 Å². The fraction of sp³-hybridized carbons (Fsp3) is 0.276. The van der Waals surface area contributed by atoms with E-state index in [1.54, 1.807) is 21.0 Å². The zero-order valence-electron chi connectivity index (χ0n) is 20.2. The number of hydrogen-bond acceptors (Lipinski definition) is 5. The van der Waals surface area contributed by atoms with Crippen LogP contribution in [-0.4, -0.2) is 26.0 Å². The molecule has 0 bridgehead atoms. The SMILES string of the molecule is COc1ccc2c(Oc3ccc(N4CCCCC4)cc3)c(C(=O)c3c(C)cc(F)cc3C)sc2c1. The fourth-order valence-corrected chi connectivity index (χ4v) is 5.91. The molecule has 0 saturated carbocycles. The summed E-state index contributed by atoms with van der Waals surface area (Å²) in [5.74, 6) is 1.39. The van der Waals surface area contributed by atoms with E-state index in [4.69, 9.17) is 9.47 Å². The Hall–Kier alpha value is -3.38. The van der Waals surface area contributed by atoms with E-state index < -0.39 is 0 Å². The lowest BCUT2D eigenvalue weighted by molar-refractivity contribution is 0.103. The average Bonchev–Trinajstić information content (AvgIpc) is 3.21. The number of ketones is 1. The van der Waals surface area contributed by atoms with Gasteiger partial charge in [-0.25, -0.2) is 4.39 Å². The van der Waals surface area contributed by atoms with Gasteiger partial charge in [-0.3, -0.25) is 4.79 Å². The maximum absolute atomic E-state index is 13.9. The molecule has 35 heavy (non-hydrogen) atoms. The molecule has 0 aliphatic carbocycles. The molecular weight excluding hydrogens is 461 g/mol. The molecule has 1 saturated heterocycles. The van der Waals surface area contributed by atoms with Gasteiger partial charge < -0.3 is 14.4 Å². The largest absolute Gasteiger partial charge is 0.497 e. The molecule has 4 aromatic rings. The smallest absolute Gasteiger partial charge is 0.207 e. The molecule has 0 amide bonds. The van der Waals surface area contributed by atoms with Crippen molar-refractivity contribution in [1.29, 1.82) is 0 Å². The van der Waals surface area contributed by atoms with Gasteiger partial charge in [-0.05, 0) is 98.8 Å². The molecule has 1 aliphatic rings. The highest BCUT2D eigenvalue weighted by Crippen LogP contribution is 2.43. The Morgan fingerprint density at radius 3 is 2.23 bits per heavy atom. The minimum absolute atomic E-state index is 0.167. The summed E-state index contributed by atoms with van der Waals surface area (Å²) in [4.78, 5) is 16.7. The van der Waals surface area contributed by atoms with Gasteiger partial charge in [0.25, 0.3) is 0 Å². The number of anilines is 1. The Balaban J connectivity index is 1.55. The first-order valence-corrected chi connectivity index (χ1v) is 12.7. The maximum atomic E-state index is 13.9. The van der Waals surface area contributed by atoms with Crippen LogP contribution in [0.4, 0.5) is 10.1 Å². The normalized spacial score (nSPS) is 13.8. The van der Waals surface area contributed by atoms with Gasteiger partial charge in [0.05, 0.1) is 7.11 Å². The Morgan fingerprint density at radius 2 is 1.57 bits per heavy atom. The van der Waals surface area contributed by atoms with E-state index in [1.807, 2.05) is 30.3 Å². The van der Waals surface area contributed by atoms with Crippen molar-refractivity contribution in [3.05, 3.63) is 82.0 Å². The second-order valence-corrected chi connectivity index (χ2v) is 10.1. The number of rotatable bonds is 6. The second-order valence-electron chi connectivity index (χ2n) is 9.01. The van der Waals surface area contributed by atoms with Gasteiger partial charge in [0.15, 0.2) is 5.75 Å². The molecule has 0 N–H and O–H groups in total. The zero-order chi connectivity index (χ0) is 24.5. The number of fused-ring (bicyclic) bond motifs is 1. The van der Waals surface area contributed by atoms with Gasteiger partial charge in [-0.1, -0.05) is 0 Å². The van der Waals surface area contributed by atoms with Crippen LogP contribution in [0, 0.1) is 19.7 Å². The molecular formula is C29H28FNO3S. The van der Waals surface area contributed by atoms with Crippen molar-refractivity contribution in [2.45, 2.75) is 33.1 Å². The molecule has 0 unspecified atom stereocenters. The number of halogens is 1. The highest BCUT2D eigenvalue weighted by atomic mass is 32.1. The molecule has 5 rings (SSSR count). The van der Waals surface area contributed by atoms with Crippen LogP contribution in [0.15, 0.2) is 54.6 Å². The number of carbonyl (C=O) groups is 1. The average molecular weight is 490 g/mol. The molecule has 1 aromatic heterocycles. The third-order valence-electron chi connectivity index (χ3n) is 6.56. The molecule has 0 radical (unpaired) electrons. The topological polar surface area (TPSA) is 38.8 Å². The van der Waals surface area contributed by atoms with Crippen LogP contribution >= 0.6 is 11.3 Å². The highest BCUT2D eigenvalue weighted by Gasteiger charge is 2.25. The molecule has 0 spiro atoms. The maximum Gasteiger partial charge on any atom is 0.207 e. The Kier molecular flexibility index (Phi) is 6.48. The third kappa shape index (κ3) is 4.63. The van der Waals surface area contributed by atoms with Crippen molar-refractivity contribution in [2.24, 2.45) is 0 Å². The van der Waals surface area contributed by atoms with Crippen molar-refractivity contribution >= 4 is 32.9 Å². The lowest BCUT2D eigenvalue weighted by Crippen LogP contribution is -2.29. The Labute approximate surface area is 208 Å². The van der Waals surface area contributed by atoms with Crippen LogP contribution < -0.4 is 14.4 Å². The summed E-state index contributed by atoms with van der Waals surface area (Å²) in [6.45, 7) is 5.68. The van der Waals surface area contributed by atoms with Crippen LogP contribution in [0.3, 0.4) is 0 Å². The summed E-state index contributed by atoms with van der Waals surface area (Å²) in [6.07, 6.45) is 3.73. The van der Waals surface area contributed by atoms with Crippen molar-refractivity contribution in [3.63, 3.8) is 0 Å². The molecule has 6 heteroatoms. The van der Waals surface area contributed by atoms with Gasteiger partial charge >= 0.3 is 0 Å². The monoisotopic (exact) mass is 489 g/mol.